The van der Waals surface area contributed by atoms with Crippen LogP contribution in [0.25, 0.3) is 6.08 Å². The van der Waals surface area contributed by atoms with E-state index in [4.69, 9.17) is 13.8 Å². The molecule has 0 saturated carbocycles. The van der Waals surface area contributed by atoms with Crippen molar-refractivity contribution in [1.29, 1.82) is 0 Å². The number of ether oxygens (including phenoxy) is 1. The number of benzene rings is 1. The van der Waals surface area contributed by atoms with Gasteiger partial charge < -0.3 is 9.26 Å². The lowest BCUT2D eigenvalue weighted by atomic mass is 9.78. The number of carbonyl (C=O) groups is 1. The summed E-state index contributed by atoms with van der Waals surface area (Å²) in [6.07, 6.45) is 3.44. The Labute approximate surface area is 189 Å². The quantitative estimate of drug-likeness (QED) is 0.301. The highest BCUT2D eigenvalue weighted by Gasteiger charge is 2.36. The topological polar surface area (TPSA) is 61.8 Å². The molecule has 0 aliphatic heterocycles. The Morgan fingerprint density at radius 2 is 1.58 bits per heavy atom. The smallest absolute Gasteiger partial charge is 0.331 e. The second-order valence-electron chi connectivity index (χ2n) is 10.3. The maximum atomic E-state index is 13.0. The first kappa shape index (κ1) is 27.6. The highest BCUT2D eigenvalue weighted by molar-refractivity contribution is 7.53. The molecule has 1 aromatic rings. The molecule has 0 N–H and O–H groups in total. The molecule has 0 amide bonds. The van der Waals surface area contributed by atoms with Crippen molar-refractivity contribution in [3.8, 4) is 5.75 Å². The molecule has 0 aliphatic carbocycles. The van der Waals surface area contributed by atoms with Crippen LogP contribution in [0.1, 0.15) is 85.9 Å². The summed E-state index contributed by atoms with van der Waals surface area (Å²) in [5.74, 6) is 0.457. The molecule has 1 rings (SSSR count). The van der Waals surface area contributed by atoms with E-state index in [0.29, 0.717) is 0 Å². The van der Waals surface area contributed by atoms with E-state index in [1.165, 1.54) is 6.08 Å². The van der Waals surface area contributed by atoms with Crippen molar-refractivity contribution in [2.75, 3.05) is 19.9 Å². The maximum Gasteiger partial charge on any atom is 0.331 e. The Bertz CT molecular complexity index is 854. The van der Waals surface area contributed by atoms with E-state index in [9.17, 15) is 9.36 Å². The highest BCUT2D eigenvalue weighted by Crippen LogP contribution is 2.51. The van der Waals surface area contributed by atoms with Crippen LogP contribution in [0.2, 0.25) is 0 Å². The molecule has 0 radical (unpaired) electrons. The molecule has 0 saturated heterocycles. The van der Waals surface area contributed by atoms with Gasteiger partial charge in [0, 0.05) is 17.3 Å². The monoisotopic (exact) mass is 452 g/mol. The number of ketones is 1. The molecular formula is C25H41O5P. The summed E-state index contributed by atoms with van der Waals surface area (Å²) in [4.78, 5) is 13.0. The highest BCUT2D eigenvalue weighted by atomic mass is 31.2. The molecule has 31 heavy (non-hydrogen) atoms. The predicted molar refractivity (Wildman–Crippen MR) is 129 cm³/mol. The van der Waals surface area contributed by atoms with Crippen molar-refractivity contribution in [3.63, 3.8) is 0 Å². The molecule has 0 aliphatic rings. The minimum absolute atomic E-state index is 0.0630. The fraction of sp³-hybridized carbons (Fsp3) is 0.640. The van der Waals surface area contributed by atoms with Gasteiger partial charge in [0.15, 0.2) is 5.78 Å². The predicted octanol–water partition coefficient (Wildman–Crippen LogP) is 6.92. The van der Waals surface area contributed by atoms with Crippen molar-refractivity contribution < 1.29 is 23.1 Å². The maximum absolute atomic E-state index is 13.0. The van der Waals surface area contributed by atoms with Crippen molar-refractivity contribution >= 4 is 19.5 Å². The third-order valence-electron chi connectivity index (χ3n) is 5.08. The lowest BCUT2D eigenvalue weighted by Gasteiger charge is -2.29. The van der Waals surface area contributed by atoms with E-state index in [1.807, 2.05) is 0 Å². The van der Waals surface area contributed by atoms with Gasteiger partial charge >= 0.3 is 7.60 Å². The van der Waals surface area contributed by atoms with Gasteiger partial charge in [-0.05, 0) is 55.4 Å². The van der Waals surface area contributed by atoms with Crippen molar-refractivity contribution in [3.05, 3.63) is 34.9 Å². The minimum atomic E-state index is -3.33. The zero-order valence-electron chi connectivity index (χ0n) is 21.2. The van der Waals surface area contributed by atoms with Gasteiger partial charge in [0.05, 0.1) is 13.7 Å². The van der Waals surface area contributed by atoms with Crippen LogP contribution >= 0.6 is 7.60 Å². The van der Waals surface area contributed by atoms with Gasteiger partial charge in [-0.25, -0.2) is 0 Å². The average molecular weight is 453 g/mol. The number of methoxy groups -OCH3 is 1. The van der Waals surface area contributed by atoms with Gasteiger partial charge in [-0.2, -0.15) is 0 Å². The zero-order chi connectivity index (χ0) is 24.3. The van der Waals surface area contributed by atoms with E-state index < -0.39 is 13.2 Å². The second kappa shape index (κ2) is 10.0. The Hall–Kier alpha value is -1.42. The fourth-order valence-electron chi connectivity index (χ4n) is 3.13. The van der Waals surface area contributed by atoms with Crippen molar-refractivity contribution in [1.82, 2.24) is 0 Å². The molecule has 1 atom stereocenters. The molecule has 0 aromatic heterocycles. The molecule has 0 heterocycles. The summed E-state index contributed by atoms with van der Waals surface area (Å²) < 4.78 is 29.5. The second-order valence-corrected chi connectivity index (χ2v) is 12.6. The molecule has 0 spiro atoms. The standard InChI is InChI=1S/C25H41O5P/c1-12-29-31(27,13-2)30-25(9,10)21(26)15-14-18-16-19(23(3,4)5)17-20(22(18)28-11)24(6,7)8/h14-17H,12-13H2,1-11H3. The third-order valence-corrected chi connectivity index (χ3v) is 7.24. The number of carbonyl (C=O) groups excluding carboxylic acids is 1. The van der Waals surface area contributed by atoms with E-state index in [-0.39, 0.29) is 29.4 Å². The molecule has 1 unspecified atom stereocenters. The number of rotatable bonds is 9. The Morgan fingerprint density at radius 3 is 2.00 bits per heavy atom. The Morgan fingerprint density at radius 1 is 1.00 bits per heavy atom. The Kier molecular flexibility index (Phi) is 8.93. The van der Waals surface area contributed by atoms with Crippen LogP contribution in [0.15, 0.2) is 18.2 Å². The summed E-state index contributed by atoms with van der Waals surface area (Å²) in [5, 5.41) is 0. The van der Waals surface area contributed by atoms with Crippen LogP contribution in [0.3, 0.4) is 0 Å². The summed E-state index contributed by atoms with van der Waals surface area (Å²) in [5.41, 5.74) is 1.59. The Balaban J connectivity index is 3.43. The molecule has 1 aromatic carbocycles. The van der Waals surface area contributed by atoms with Crippen molar-refractivity contribution in [2.45, 2.75) is 85.7 Å². The molecule has 0 bridgehead atoms. The van der Waals surface area contributed by atoms with Crippen LogP contribution in [0.5, 0.6) is 5.75 Å². The summed E-state index contributed by atoms with van der Waals surface area (Å²) in [7, 11) is -1.68. The van der Waals surface area contributed by atoms with Gasteiger partial charge in [0.1, 0.15) is 11.4 Å². The third kappa shape index (κ3) is 7.30. The normalized spacial score (nSPS) is 15.2. The van der Waals surface area contributed by atoms with Crippen LogP contribution in [-0.2, 0) is 29.2 Å². The van der Waals surface area contributed by atoms with E-state index >= 15 is 0 Å². The van der Waals surface area contributed by atoms with E-state index in [1.54, 1.807) is 40.9 Å². The lowest BCUT2D eigenvalue weighted by molar-refractivity contribution is -0.127. The summed E-state index contributed by atoms with van der Waals surface area (Å²) in [6, 6.07) is 4.24. The van der Waals surface area contributed by atoms with Gasteiger partial charge in [0.25, 0.3) is 0 Å². The summed E-state index contributed by atoms with van der Waals surface area (Å²) in [6.45, 7) is 19.9. The average Bonchev–Trinajstić information content (AvgIpc) is 2.63. The molecule has 6 heteroatoms. The lowest BCUT2D eigenvalue weighted by Crippen LogP contribution is -2.33. The largest absolute Gasteiger partial charge is 0.496 e. The van der Waals surface area contributed by atoms with Gasteiger partial charge in [0.2, 0.25) is 0 Å². The van der Waals surface area contributed by atoms with Crippen LogP contribution in [-0.4, -0.2) is 31.3 Å². The van der Waals surface area contributed by atoms with Crippen LogP contribution in [0, 0.1) is 0 Å². The van der Waals surface area contributed by atoms with Crippen molar-refractivity contribution in [2.24, 2.45) is 0 Å². The zero-order valence-corrected chi connectivity index (χ0v) is 22.1. The first-order valence-corrected chi connectivity index (χ1v) is 12.6. The molecule has 176 valence electrons. The number of hydrogen-bond donors (Lipinski definition) is 0. The minimum Gasteiger partial charge on any atom is -0.496 e. The molecular weight excluding hydrogens is 411 g/mol. The molecule has 0 fully saturated rings. The van der Waals surface area contributed by atoms with Gasteiger partial charge in [-0.3, -0.25) is 13.9 Å². The van der Waals surface area contributed by atoms with Crippen LogP contribution in [0.4, 0.5) is 0 Å². The SMILES string of the molecule is CCOP(=O)(CC)OC(C)(C)C(=O)C=Cc1cc(C(C)(C)C)cc(C(C)(C)C)c1OC. The number of hydrogen-bond acceptors (Lipinski definition) is 5. The van der Waals surface area contributed by atoms with Crippen LogP contribution < -0.4 is 4.74 Å². The van der Waals surface area contributed by atoms with Gasteiger partial charge in [-0.15, -0.1) is 0 Å². The van der Waals surface area contributed by atoms with Gasteiger partial charge in [-0.1, -0.05) is 54.5 Å². The van der Waals surface area contributed by atoms with E-state index in [2.05, 4.69) is 53.7 Å². The summed E-state index contributed by atoms with van der Waals surface area (Å²) >= 11 is 0. The fourth-order valence-corrected chi connectivity index (χ4v) is 4.67. The first-order valence-electron chi connectivity index (χ1n) is 10.9. The molecule has 5 nitrogen and oxygen atoms in total. The van der Waals surface area contributed by atoms with E-state index in [0.717, 1.165) is 22.4 Å². The first-order chi connectivity index (χ1) is 14.0.